The number of nitrogens with zero attached hydrogens (tertiary/aromatic N) is 1. The summed E-state index contributed by atoms with van der Waals surface area (Å²) in [7, 11) is -3.90. The van der Waals surface area contributed by atoms with Crippen molar-refractivity contribution in [2.24, 2.45) is 0 Å². The van der Waals surface area contributed by atoms with Crippen LogP contribution in [-0.2, 0) is 14.8 Å². The molecule has 0 saturated carbocycles. The maximum atomic E-state index is 12.9. The van der Waals surface area contributed by atoms with Gasteiger partial charge in [0.25, 0.3) is 15.9 Å². The number of rotatable bonds is 6. The molecule has 1 aliphatic rings. The normalized spacial score (nSPS) is 18.7. The Hall–Kier alpha value is -2.88. The van der Waals surface area contributed by atoms with Crippen LogP contribution in [0.25, 0.3) is 0 Å². The lowest BCUT2D eigenvalue weighted by Crippen LogP contribution is -2.45. The summed E-state index contributed by atoms with van der Waals surface area (Å²) in [5.74, 6) is -0.462. The van der Waals surface area contributed by atoms with E-state index >= 15 is 0 Å². The van der Waals surface area contributed by atoms with Gasteiger partial charge in [0.2, 0.25) is 0 Å². The highest BCUT2D eigenvalue weighted by atomic mass is 32.2. The molecular weight excluding hydrogens is 458 g/mol. The lowest BCUT2D eigenvalue weighted by atomic mass is 10.2. The number of hydrogen-bond acceptors (Lipinski definition) is 6. The predicted octanol–water partition coefficient (Wildman–Crippen LogP) is 4.72. The number of hydrogen-bond donors (Lipinski definition) is 2. The number of nitrogens with one attached hydrogen (secondary N) is 2. The van der Waals surface area contributed by atoms with Gasteiger partial charge in [0.1, 0.15) is 9.77 Å². The zero-order valence-electron chi connectivity index (χ0n) is 18.7. The molecule has 2 atom stereocenters. The summed E-state index contributed by atoms with van der Waals surface area (Å²) >= 11 is 1.09. The van der Waals surface area contributed by atoms with Crippen LogP contribution in [0, 0.1) is 6.92 Å². The molecule has 33 heavy (non-hydrogen) atoms. The minimum Gasteiger partial charge on any atom is -0.372 e. The second kappa shape index (κ2) is 9.54. The second-order valence-electron chi connectivity index (χ2n) is 8.25. The molecule has 2 heterocycles. The van der Waals surface area contributed by atoms with E-state index in [-0.39, 0.29) is 22.0 Å². The Bertz CT molecular complexity index is 1210. The van der Waals surface area contributed by atoms with Crippen molar-refractivity contribution in [3.05, 3.63) is 70.4 Å². The highest BCUT2D eigenvalue weighted by Gasteiger charge is 2.25. The lowest BCUT2D eigenvalue weighted by molar-refractivity contribution is -0.00521. The summed E-state index contributed by atoms with van der Waals surface area (Å²) in [6.07, 6.45) is 0.307. The number of anilines is 3. The Kier molecular flexibility index (Phi) is 6.73. The van der Waals surface area contributed by atoms with Crippen LogP contribution in [0.5, 0.6) is 0 Å². The van der Waals surface area contributed by atoms with E-state index in [0.29, 0.717) is 11.4 Å². The van der Waals surface area contributed by atoms with E-state index in [4.69, 9.17) is 4.74 Å². The van der Waals surface area contributed by atoms with Crippen LogP contribution < -0.4 is 14.9 Å². The Balaban J connectivity index is 1.46. The van der Waals surface area contributed by atoms with Crippen molar-refractivity contribution >= 4 is 44.3 Å². The van der Waals surface area contributed by atoms with Gasteiger partial charge >= 0.3 is 0 Å². The topological polar surface area (TPSA) is 87.7 Å². The molecule has 7 nitrogen and oxygen atoms in total. The first-order valence-corrected chi connectivity index (χ1v) is 13.1. The molecule has 0 radical (unpaired) electrons. The van der Waals surface area contributed by atoms with Crippen LogP contribution in [0.3, 0.4) is 0 Å². The monoisotopic (exact) mass is 485 g/mol. The Morgan fingerprint density at radius 3 is 2.21 bits per heavy atom. The van der Waals surface area contributed by atoms with E-state index in [9.17, 15) is 13.2 Å². The number of ether oxygens (including phenoxy) is 1. The molecule has 1 amide bonds. The Morgan fingerprint density at radius 1 is 0.970 bits per heavy atom. The fraction of sp³-hybridized carbons (Fsp3) is 0.292. The van der Waals surface area contributed by atoms with Crippen LogP contribution in [0.15, 0.2) is 64.9 Å². The van der Waals surface area contributed by atoms with E-state index in [1.165, 1.54) is 6.07 Å². The van der Waals surface area contributed by atoms with Gasteiger partial charge in [-0.3, -0.25) is 9.52 Å². The van der Waals surface area contributed by atoms with E-state index in [2.05, 4.69) is 28.8 Å². The van der Waals surface area contributed by atoms with Gasteiger partial charge in [0.05, 0.1) is 12.2 Å². The first kappa shape index (κ1) is 23.3. The van der Waals surface area contributed by atoms with Gasteiger partial charge in [-0.05, 0) is 68.6 Å². The average Bonchev–Trinajstić information content (AvgIpc) is 3.26. The number of aryl methyl sites for hydroxylation is 1. The average molecular weight is 486 g/mol. The molecule has 1 fully saturated rings. The molecule has 174 valence electrons. The summed E-state index contributed by atoms with van der Waals surface area (Å²) in [5, 5.41) is 4.41. The maximum absolute atomic E-state index is 12.9. The van der Waals surface area contributed by atoms with Crippen molar-refractivity contribution in [1.29, 1.82) is 0 Å². The molecule has 1 aromatic heterocycles. The largest absolute Gasteiger partial charge is 0.372 e. The number of benzene rings is 2. The zero-order valence-corrected chi connectivity index (χ0v) is 20.4. The zero-order chi connectivity index (χ0) is 23.6. The van der Waals surface area contributed by atoms with Crippen LogP contribution in [-0.4, -0.2) is 39.6 Å². The number of carbonyl (C=O) groups excluding carboxylic acids is 1. The van der Waals surface area contributed by atoms with Crippen molar-refractivity contribution in [2.45, 2.75) is 37.9 Å². The quantitative estimate of drug-likeness (QED) is 0.527. The van der Waals surface area contributed by atoms with Crippen molar-refractivity contribution < 1.29 is 17.9 Å². The fourth-order valence-electron chi connectivity index (χ4n) is 3.84. The van der Waals surface area contributed by atoms with E-state index in [0.717, 1.165) is 35.7 Å². The number of thiophene rings is 1. The smallest absolute Gasteiger partial charge is 0.267 e. The second-order valence-corrected chi connectivity index (χ2v) is 10.8. The molecular formula is C24H27N3O4S2. The summed E-state index contributed by atoms with van der Waals surface area (Å²) in [6.45, 7) is 7.64. The predicted molar refractivity (Wildman–Crippen MR) is 133 cm³/mol. The van der Waals surface area contributed by atoms with Gasteiger partial charge in [-0.2, -0.15) is 0 Å². The van der Waals surface area contributed by atoms with Gasteiger partial charge in [-0.25, -0.2) is 8.42 Å². The first-order valence-electron chi connectivity index (χ1n) is 10.7. The van der Waals surface area contributed by atoms with Crippen LogP contribution >= 0.6 is 11.3 Å². The van der Waals surface area contributed by atoms with Gasteiger partial charge in [0.15, 0.2) is 0 Å². The SMILES string of the molecule is Cc1ccc(NS(=O)(=O)c2ccsc2C(=O)Nc2ccc(N3CC(C)OC(C)C3)cc2)cc1. The highest BCUT2D eigenvalue weighted by Crippen LogP contribution is 2.27. The Labute approximate surface area is 198 Å². The molecule has 4 rings (SSSR count). The molecule has 0 spiro atoms. The summed E-state index contributed by atoms with van der Waals surface area (Å²) < 4.78 is 34.1. The molecule has 1 aliphatic heterocycles. The number of amides is 1. The van der Waals surface area contributed by atoms with Crippen LogP contribution in [0.2, 0.25) is 0 Å². The van der Waals surface area contributed by atoms with Crippen LogP contribution in [0.1, 0.15) is 29.1 Å². The van der Waals surface area contributed by atoms with E-state index in [1.54, 1.807) is 17.5 Å². The molecule has 9 heteroatoms. The summed E-state index contributed by atoms with van der Waals surface area (Å²) in [4.78, 5) is 15.2. The molecule has 3 aromatic rings. The van der Waals surface area contributed by atoms with Gasteiger partial charge in [-0.15, -0.1) is 11.3 Å². The third kappa shape index (κ3) is 5.55. The summed E-state index contributed by atoms with van der Waals surface area (Å²) in [6, 6.07) is 16.0. The summed E-state index contributed by atoms with van der Waals surface area (Å²) in [5.41, 5.74) is 3.12. The number of carbonyl (C=O) groups is 1. The third-order valence-corrected chi connectivity index (χ3v) is 7.80. The minimum absolute atomic E-state index is 0.0431. The fourth-order valence-corrected chi connectivity index (χ4v) is 6.22. The molecule has 2 unspecified atom stereocenters. The van der Waals surface area contributed by atoms with E-state index < -0.39 is 15.9 Å². The minimum atomic E-state index is -3.90. The molecule has 0 aliphatic carbocycles. The van der Waals surface area contributed by atoms with Crippen molar-refractivity contribution in [2.75, 3.05) is 28.0 Å². The van der Waals surface area contributed by atoms with Crippen molar-refractivity contribution in [3.63, 3.8) is 0 Å². The lowest BCUT2D eigenvalue weighted by Gasteiger charge is -2.36. The Morgan fingerprint density at radius 2 is 1.58 bits per heavy atom. The van der Waals surface area contributed by atoms with Gasteiger partial charge in [-0.1, -0.05) is 17.7 Å². The number of sulfonamides is 1. The van der Waals surface area contributed by atoms with E-state index in [1.807, 2.05) is 43.3 Å². The van der Waals surface area contributed by atoms with Gasteiger partial charge in [0, 0.05) is 30.2 Å². The standard InChI is InChI=1S/C24H27N3O4S2/c1-16-4-6-20(7-5-16)26-33(29,30)22-12-13-32-23(22)24(28)25-19-8-10-21(11-9-19)27-14-17(2)31-18(3)15-27/h4-13,17-18,26H,14-15H2,1-3H3,(H,25,28). The number of morpholine rings is 1. The maximum Gasteiger partial charge on any atom is 0.267 e. The third-order valence-electron chi connectivity index (χ3n) is 5.34. The van der Waals surface area contributed by atoms with Crippen LogP contribution in [0.4, 0.5) is 17.1 Å². The molecule has 2 N–H and O–H groups in total. The van der Waals surface area contributed by atoms with Gasteiger partial charge < -0.3 is 15.0 Å². The van der Waals surface area contributed by atoms with Crippen molar-refractivity contribution in [1.82, 2.24) is 0 Å². The molecule has 2 aromatic carbocycles. The first-order chi connectivity index (χ1) is 15.7. The highest BCUT2D eigenvalue weighted by molar-refractivity contribution is 7.93. The van der Waals surface area contributed by atoms with Crippen molar-refractivity contribution in [3.8, 4) is 0 Å². The molecule has 0 bridgehead atoms. The molecule has 1 saturated heterocycles.